The summed E-state index contributed by atoms with van der Waals surface area (Å²) in [5, 5.41) is 0. The molecule has 0 amide bonds. The molecular formula is C8H12N2. The molecule has 54 valence electrons. The van der Waals surface area contributed by atoms with Gasteiger partial charge in [-0.1, -0.05) is 6.58 Å². The van der Waals surface area contributed by atoms with E-state index in [1.54, 1.807) is 6.20 Å². The third-order valence-corrected chi connectivity index (χ3v) is 1.60. The van der Waals surface area contributed by atoms with Crippen molar-refractivity contribution in [1.29, 1.82) is 0 Å². The van der Waals surface area contributed by atoms with Crippen molar-refractivity contribution in [2.75, 3.05) is 20.1 Å². The Hall–Kier alpha value is -0.890. The number of hydrogen-bond acceptors (Lipinski definition) is 2. The van der Waals surface area contributed by atoms with E-state index in [-0.39, 0.29) is 0 Å². The molecule has 1 aliphatic heterocycles. The van der Waals surface area contributed by atoms with E-state index in [1.807, 2.05) is 0 Å². The van der Waals surface area contributed by atoms with Crippen LogP contribution in [0.1, 0.15) is 0 Å². The standard InChI is InChI=1S/C8H12N2/c1-7-5-10(3)6-8(7)4-9-2/h4H,1-2,5-6H2,3H3/b8-4-. The lowest BCUT2D eigenvalue weighted by molar-refractivity contribution is 0.437. The van der Waals surface area contributed by atoms with E-state index in [4.69, 9.17) is 0 Å². The number of likely N-dealkylation sites (tertiary alicyclic amines) is 1. The maximum atomic E-state index is 3.91. The van der Waals surface area contributed by atoms with Crippen LogP contribution in [-0.4, -0.2) is 31.8 Å². The Morgan fingerprint density at radius 2 is 2.30 bits per heavy atom. The predicted molar refractivity (Wildman–Crippen MR) is 44.3 cm³/mol. The van der Waals surface area contributed by atoms with Crippen LogP contribution >= 0.6 is 0 Å². The normalized spacial score (nSPS) is 24.1. The zero-order valence-corrected chi connectivity index (χ0v) is 6.30. The Morgan fingerprint density at radius 1 is 1.60 bits per heavy atom. The fraction of sp³-hybridized carbons (Fsp3) is 0.375. The SMILES string of the molecule is C=N/C=C1/CN(C)CC1=C. The monoisotopic (exact) mass is 136 g/mol. The molecule has 0 aromatic heterocycles. The van der Waals surface area contributed by atoms with Crippen LogP contribution in [0.25, 0.3) is 0 Å². The first-order valence-electron chi connectivity index (χ1n) is 3.25. The fourth-order valence-electron chi connectivity index (χ4n) is 1.13. The summed E-state index contributed by atoms with van der Waals surface area (Å²) < 4.78 is 0. The van der Waals surface area contributed by atoms with Crippen molar-refractivity contribution in [3.63, 3.8) is 0 Å². The summed E-state index contributed by atoms with van der Waals surface area (Å²) in [5.41, 5.74) is 2.37. The lowest BCUT2D eigenvalue weighted by Crippen LogP contribution is -2.11. The van der Waals surface area contributed by atoms with Gasteiger partial charge >= 0.3 is 0 Å². The topological polar surface area (TPSA) is 15.6 Å². The Morgan fingerprint density at radius 3 is 2.70 bits per heavy atom. The molecule has 2 nitrogen and oxygen atoms in total. The highest BCUT2D eigenvalue weighted by molar-refractivity contribution is 5.37. The van der Waals surface area contributed by atoms with Gasteiger partial charge < -0.3 is 0 Å². The molecular weight excluding hydrogens is 124 g/mol. The average Bonchev–Trinajstić information content (AvgIpc) is 2.13. The largest absolute Gasteiger partial charge is 0.298 e. The number of nitrogens with zero attached hydrogens (tertiary/aromatic N) is 2. The Balaban J connectivity index is 2.72. The van der Waals surface area contributed by atoms with Crippen molar-refractivity contribution in [3.8, 4) is 0 Å². The molecule has 0 saturated carbocycles. The first-order valence-corrected chi connectivity index (χ1v) is 3.25. The van der Waals surface area contributed by atoms with E-state index in [9.17, 15) is 0 Å². The number of aliphatic imine (C=N–C) groups is 1. The number of likely N-dealkylation sites (N-methyl/N-ethyl adjacent to an activating group) is 1. The van der Waals surface area contributed by atoms with Gasteiger partial charge in [-0.2, -0.15) is 0 Å². The molecule has 0 spiro atoms. The summed E-state index contributed by atoms with van der Waals surface area (Å²) in [7, 11) is 2.06. The quantitative estimate of drug-likeness (QED) is 0.492. The minimum Gasteiger partial charge on any atom is -0.298 e. The van der Waals surface area contributed by atoms with Crippen LogP contribution < -0.4 is 0 Å². The summed E-state index contributed by atoms with van der Waals surface area (Å²) in [6, 6.07) is 0. The van der Waals surface area contributed by atoms with Gasteiger partial charge in [-0.3, -0.25) is 9.89 Å². The molecule has 1 saturated heterocycles. The highest BCUT2D eigenvalue weighted by atomic mass is 15.1. The second kappa shape index (κ2) is 2.80. The average molecular weight is 136 g/mol. The molecule has 10 heavy (non-hydrogen) atoms. The molecule has 1 aliphatic rings. The Bertz CT molecular complexity index is 191. The van der Waals surface area contributed by atoms with E-state index >= 15 is 0 Å². The molecule has 0 radical (unpaired) electrons. The third kappa shape index (κ3) is 1.33. The van der Waals surface area contributed by atoms with E-state index in [0.717, 1.165) is 18.7 Å². The lowest BCUT2D eigenvalue weighted by atomic mass is 10.2. The summed E-state index contributed by atoms with van der Waals surface area (Å²) in [5.74, 6) is 0. The highest BCUT2D eigenvalue weighted by Crippen LogP contribution is 2.17. The second-order valence-electron chi connectivity index (χ2n) is 2.61. The number of rotatable bonds is 1. The molecule has 0 aliphatic carbocycles. The van der Waals surface area contributed by atoms with Gasteiger partial charge in [0.25, 0.3) is 0 Å². The van der Waals surface area contributed by atoms with E-state index in [2.05, 4.69) is 30.2 Å². The summed E-state index contributed by atoms with van der Waals surface area (Å²) >= 11 is 0. The molecule has 0 bridgehead atoms. The van der Waals surface area contributed by atoms with Gasteiger partial charge in [-0.15, -0.1) is 0 Å². The predicted octanol–water partition coefficient (Wildman–Crippen LogP) is 1.07. The molecule has 1 heterocycles. The van der Waals surface area contributed by atoms with E-state index in [0.29, 0.717) is 0 Å². The van der Waals surface area contributed by atoms with Crippen LogP contribution in [0.4, 0.5) is 0 Å². The zero-order valence-electron chi connectivity index (χ0n) is 6.30. The van der Waals surface area contributed by atoms with Crippen molar-refractivity contribution in [2.45, 2.75) is 0 Å². The number of hydrogen-bond donors (Lipinski definition) is 0. The van der Waals surface area contributed by atoms with Gasteiger partial charge in [0.05, 0.1) is 0 Å². The van der Waals surface area contributed by atoms with Crippen LogP contribution in [-0.2, 0) is 0 Å². The van der Waals surface area contributed by atoms with Crippen LogP contribution in [0, 0.1) is 0 Å². The van der Waals surface area contributed by atoms with Gasteiger partial charge in [-0.25, -0.2) is 0 Å². The minimum absolute atomic E-state index is 0.956. The van der Waals surface area contributed by atoms with Gasteiger partial charge in [-0.05, 0) is 24.9 Å². The van der Waals surface area contributed by atoms with E-state index < -0.39 is 0 Å². The van der Waals surface area contributed by atoms with Crippen molar-refractivity contribution < 1.29 is 0 Å². The Labute approximate surface area is 61.6 Å². The zero-order chi connectivity index (χ0) is 7.56. The Kier molecular flexibility index (Phi) is 2.02. The minimum atomic E-state index is 0.956. The second-order valence-corrected chi connectivity index (χ2v) is 2.61. The summed E-state index contributed by atoms with van der Waals surface area (Å²) in [6.07, 6.45) is 1.78. The summed E-state index contributed by atoms with van der Waals surface area (Å²) in [4.78, 5) is 5.90. The first kappa shape index (κ1) is 7.22. The smallest absolute Gasteiger partial charge is 0.0308 e. The molecule has 0 aromatic rings. The molecule has 2 heteroatoms. The molecule has 0 aromatic carbocycles. The third-order valence-electron chi connectivity index (χ3n) is 1.60. The van der Waals surface area contributed by atoms with Crippen LogP contribution in [0.15, 0.2) is 28.9 Å². The first-order chi connectivity index (χ1) is 4.74. The highest BCUT2D eigenvalue weighted by Gasteiger charge is 2.15. The summed E-state index contributed by atoms with van der Waals surface area (Å²) in [6.45, 7) is 9.22. The van der Waals surface area contributed by atoms with Crippen molar-refractivity contribution >= 4 is 6.72 Å². The van der Waals surface area contributed by atoms with E-state index in [1.165, 1.54) is 5.57 Å². The molecule has 0 unspecified atom stereocenters. The van der Waals surface area contributed by atoms with Crippen molar-refractivity contribution in [1.82, 2.24) is 4.90 Å². The van der Waals surface area contributed by atoms with Crippen molar-refractivity contribution in [2.24, 2.45) is 4.99 Å². The fourth-order valence-corrected chi connectivity index (χ4v) is 1.13. The van der Waals surface area contributed by atoms with Gasteiger partial charge in [0.15, 0.2) is 0 Å². The molecule has 1 fully saturated rings. The van der Waals surface area contributed by atoms with Gasteiger partial charge in [0, 0.05) is 19.3 Å². The van der Waals surface area contributed by atoms with Crippen LogP contribution in [0.3, 0.4) is 0 Å². The van der Waals surface area contributed by atoms with Crippen molar-refractivity contribution in [3.05, 3.63) is 23.9 Å². The van der Waals surface area contributed by atoms with Gasteiger partial charge in [0.2, 0.25) is 0 Å². The maximum absolute atomic E-state index is 3.91. The molecule has 0 atom stereocenters. The van der Waals surface area contributed by atoms with Crippen LogP contribution in [0.2, 0.25) is 0 Å². The molecule has 1 rings (SSSR count). The lowest BCUT2D eigenvalue weighted by Gasteiger charge is -2.01. The van der Waals surface area contributed by atoms with Gasteiger partial charge in [0.1, 0.15) is 0 Å². The molecule has 0 N–H and O–H groups in total. The van der Waals surface area contributed by atoms with Crippen LogP contribution in [0.5, 0.6) is 0 Å². The maximum Gasteiger partial charge on any atom is 0.0308 e.